The number of carbonyl (C=O) groups is 2. The van der Waals surface area contributed by atoms with Crippen molar-refractivity contribution >= 4 is 46.1 Å². The van der Waals surface area contributed by atoms with Crippen LogP contribution in [0.25, 0.3) is 0 Å². The molecule has 100 valence electrons. The van der Waals surface area contributed by atoms with E-state index in [1.165, 1.54) is 0 Å². The van der Waals surface area contributed by atoms with Crippen molar-refractivity contribution in [3.8, 4) is 0 Å². The summed E-state index contributed by atoms with van der Waals surface area (Å²) in [5.41, 5.74) is 0. The Morgan fingerprint density at radius 3 is 1.67 bits per heavy atom. The lowest BCUT2D eigenvalue weighted by Gasteiger charge is -2.28. The minimum absolute atomic E-state index is 0.0708. The average Bonchev–Trinajstić information content (AvgIpc) is 2.29. The summed E-state index contributed by atoms with van der Waals surface area (Å²) >= 11 is 9.61. The minimum Gasteiger partial charge on any atom is -0.477 e. The Morgan fingerprint density at radius 1 is 0.944 bits per heavy atom. The van der Waals surface area contributed by atoms with E-state index in [2.05, 4.69) is 0 Å². The van der Waals surface area contributed by atoms with Crippen LogP contribution >= 0.6 is 24.4 Å². The number of carboxylic acids is 2. The van der Waals surface area contributed by atoms with Crippen molar-refractivity contribution in [2.75, 3.05) is 0 Å². The van der Waals surface area contributed by atoms with Crippen LogP contribution in [0.2, 0.25) is 0 Å². The summed E-state index contributed by atoms with van der Waals surface area (Å²) in [6, 6.07) is 0. The second-order valence-corrected chi connectivity index (χ2v) is 5.75. The Bertz CT molecular complexity index is 344. The quantitative estimate of drug-likeness (QED) is 0.731. The summed E-state index contributed by atoms with van der Waals surface area (Å²) in [5, 5.41) is 17.5. The number of rotatable bonds is 6. The monoisotopic (exact) mass is 288 g/mol. The van der Waals surface area contributed by atoms with Gasteiger partial charge in [0.1, 0.15) is 9.73 Å². The van der Waals surface area contributed by atoms with Gasteiger partial charge >= 0.3 is 11.9 Å². The predicted octanol–water partition coefficient (Wildman–Crippen LogP) is 2.48. The molecule has 0 radical (unpaired) electrons. The van der Waals surface area contributed by atoms with E-state index in [-0.39, 0.29) is 21.6 Å². The van der Waals surface area contributed by atoms with Crippen LogP contribution in [0.15, 0.2) is 0 Å². The van der Waals surface area contributed by atoms with Crippen molar-refractivity contribution in [3.63, 3.8) is 0 Å². The van der Waals surface area contributed by atoms with Crippen molar-refractivity contribution in [1.82, 2.24) is 0 Å². The molecule has 0 aliphatic heterocycles. The molecule has 0 amide bonds. The fourth-order valence-corrected chi connectivity index (χ4v) is 2.94. The molecule has 18 heavy (non-hydrogen) atoms. The van der Waals surface area contributed by atoms with E-state index in [9.17, 15) is 9.59 Å². The summed E-state index contributed by atoms with van der Waals surface area (Å²) in [6.45, 7) is 0. The summed E-state index contributed by atoms with van der Waals surface area (Å²) in [6.07, 6.45) is 4.57. The molecular formula is C12H16O4S2. The van der Waals surface area contributed by atoms with Gasteiger partial charge in [-0.3, -0.25) is 0 Å². The Morgan fingerprint density at radius 2 is 1.33 bits per heavy atom. The molecule has 1 rings (SSSR count). The largest absolute Gasteiger partial charge is 0.477 e. The summed E-state index contributed by atoms with van der Waals surface area (Å²) in [4.78, 5) is 21.5. The fourth-order valence-electron chi connectivity index (χ4n) is 2.47. The molecule has 0 aromatic heterocycles. The number of carboxylic acid groups (broad SMARTS) is 2. The van der Waals surface area contributed by atoms with Crippen molar-refractivity contribution in [2.24, 2.45) is 11.8 Å². The van der Waals surface area contributed by atoms with E-state index < -0.39 is 11.9 Å². The Kier molecular flexibility index (Phi) is 5.81. The van der Waals surface area contributed by atoms with Crippen LogP contribution in [0.1, 0.15) is 38.5 Å². The molecule has 0 aromatic rings. The van der Waals surface area contributed by atoms with Gasteiger partial charge in [0.05, 0.1) is 0 Å². The lowest BCUT2D eigenvalue weighted by atomic mass is 9.77. The molecule has 0 spiro atoms. The number of hydrogen-bond acceptors (Lipinski definition) is 4. The number of aliphatic carboxylic acids is 2. The molecule has 6 heteroatoms. The second kappa shape index (κ2) is 6.89. The smallest absolute Gasteiger partial charge is 0.342 e. The van der Waals surface area contributed by atoms with Gasteiger partial charge in [0.25, 0.3) is 0 Å². The molecule has 1 aliphatic rings. The standard InChI is InChI=1S/C12H16O4S2/c13-11(14)9(17)5-7-2-1-3-8(4-7)6-10(18)12(15)16/h7-8H,1-6H2,(H,13,14)(H,15,16). The number of thiocarbonyl (C=S) groups is 2. The molecule has 4 nitrogen and oxygen atoms in total. The lowest BCUT2D eigenvalue weighted by Crippen LogP contribution is -2.24. The van der Waals surface area contributed by atoms with Gasteiger partial charge in [0.2, 0.25) is 0 Å². The van der Waals surface area contributed by atoms with E-state index in [1.807, 2.05) is 0 Å². The van der Waals surface area contributed by atoms with Gasteiger partial charge in [-0.1, -0.05) is 43.7 Å². The minimum atomic E-state index is -1.02. The van der Waals surface area contributed by atoms with Gasteiger partial charge in [-0.05, 0) is 31.1 Å². The summed E-state index contributed by atoms with van der Waals surface area (Å²) in [7, 11) is 0. The number of hydrogen-bond donors (Lipinski definition) is 2. The fraction of sp³-hybridized carbons (Fsp3) is 0.667. The van der Waals surface area contributed by atoms with Gasteiger partial charge < -0.3 is 10.2 Å². The van der Waals surface area contributed by atoms with Crippen LogP contribution in [-0.2, 0) is 9.59 Å². The zero-order chi connectivity index (χ0) is 13.7. The van der Waals surface area contributed by atoms with Gasteiger partial charge in [-0.2, -0.15) is 0 Å². The molecule has 1 saturated carbocycles. The predicted molar refractivity (Wildman–Crippen MR) is 75.1 cm³/mol. The molecule has 2 atom stereocenters. The van der Waals surface area contributed by atoms with E-state index in [0.29, 0.717) is 12.8 Å². The molecule has 0 bridgehead atoms. The third-order valence-electron chi connectivity index (χ3n) is 3.32. The second-order valence-electron chi connectivity index (χ2n) is 4.76. The molecular weight excluding hydrogens is 272 g/mol. The highest BCUT2D eigenvalue weighted by atomic mass is 32.1. The van der Waals surface area contributed by atoms with Gasteiger partial charge in [0.15, 0.2) is 0 Å². The van der Waals surface area contributed by atoms with E-state index in [1.54, 1.807) is 0 Å². The topological polar surface area (TPSA) is 74.6 Å². The summed E-state index contributed by atoms with van der Waals surface area (Å²) in [5.74, 6) is -1.53. The maximum Gasteiger partial charge on any atom is 0.342 e. The molecule has 1 aliphatic carbocycles. The highest BCUT2D eigenvalue weighted by Gasteiger charge is 2.26. The Hall–Kier alpha value is -0.880. The van der Waals surface area contributed by atoms with Gasteiger partial charge in [0, 0.05) is 0 Å². The SMILES string of the molecule is O=C(O)C(=S)CC1CCCC(CC(=S)C(=O)O)C1. The van der Waals surface area contributed by atoms with E-state index in [0.717, 1.165) is 25.7 Å². The summed E-state index contributed by atoms with van der Waals surface area (Å²) < 4.78 is 0. The van der Waals surface area contributed by atoms with E-state index in [4.69, 9.17) is 34.6 Å². The Balaban J connectivity index is 2.46. The third kappa shape index (κ3) is 4.78. The maximum atomic E-state index is 10.7. The van der Waals surface area contributed by atoms with Crippen molar-refractivity contribution in [2.45, 2.75) is 38.5 Å². The van der Waals surface area contributed by atoms with Gasteiger partial charge in [-0.15, -0.1) is 0 Å². The molecule has 0 aromatic carbocycles. The lowest BCUT2D eigenvalue weighted by molar-refractivity contribution is -0.130. The van der Waals surface area contributed by atoms with Crippen LogP contribution in [0.5, 0.6) is 0 Å². The normalized spacial score (nSPS) is 23.3. The molecule has 2 unspecified atom stereocenters. The molecule has 2 N–H and O–H groups in total. The Labute approximate surface area is 116 Å². The van der Waals surface area contributed by atoms with Gasteiger partial charge in [-0.25, -0.2) is 9.59 Å². The van der Waals surface area contributed by atoms with E-state index >= 15 is 0 Å². The zero-order valence-corrected chi connectivity index (χ0v) is 11.6. The third-order valence-corrected chi connectivity index (χ3v) is 4.00. The highest BCUT2D eigenvalue weighted by molar-refractivity contribution is 7.82. The van der Waals surface area contributed by atoms with Crippen LogP contribution in [0.4, 0.5) is 0 Å². The van der Waals surface area contributed by atoms with Crippen LogP contribution in [-0.4, -0.2) is 31.9 Å². The first-order valence-corrected chi connectivity index (χ1v) is 6.74. The maximum absolute atomic E-state index is 10.7. The molecule has 1 fully saturated rings. The molecule has 0 heterocycles. The average molecular weight is 288 g/mol. The molecule has 0 saturated heterocycles. The van der Waals surface area contributed by atoms with Crippen LogP contribution in [0, 0.1) is 11.8 Å². The van der Waals surface area contributed by atoms with Crippen molar-refractivity contribution in [1.29, 1.82) is 0 Å². The zero-order valence-electron chi connectivity index (χ0n) is 9.92. The highest BCUT2D eigenvalue weighted by Crippen LogP contribution is 2.33. The van der Waals surface area contributed by atoms with Crippen molar-refractivity contribution < 1.29 is 19.8 Å². The first-order chi connectivity index (χ1) is 8.40. The van der Waals surface area contributed by atoms with Crippen molar-refractivity contribution in [3.05, 3.63) is 0 Å². The first kappa shape index (κ1) is 15.2. The van der Waals surface area contributed by atoms with Crippen LogP contribution in [0.3, 0.4) is 0 Å². The van der Waals surface area contributed by atoms with Crippen LogP contribution < -0.4 is 0 Å². The first-order valence-electron chi connectivity index (χ1n) is 5.92.